The summed E-state index contributed by atoms with van der Waals surface area (Å²) >= 11 is 3.69. The summed E-state index contributed by atoms with van der Waals surface area (Å²) in [4.78, 5) is 18.8. The van der Waals surface area contributed by atoms with Crippen LogP contribution in [0.15, 0.2) is 28.4 Å². The van der Waals surface area contributed by atoms with E-state index < -0.39 is 0 Å². The Hall–Kier alpha value is -1.99. The van der Waals surface area contributed by atoms with Gasteiger partial charge in [0.1, 0.15) is 5.75 Å². The number of aromatic nitrogens is 1. The molecule has 1 saturated heterocycles. The predicted octanol–water partition coefficient (Wildman–Crippen LogP) is 4.59. The normalized spacial score (nSPS) is 24.3. The van der Waals surface area contributed by atoms with Gasteiger partial charge in [-0.25, -0.2) is 4.79 Å². The summed E-state index contributed by atoms with van der Waals surface area (Å²) in [6, 6.07) is 4.25. The van der Waals surface area contributed by atoms with Crippen molar-refractivity contribution >= 4 is 32.8 Å². The number of carbonyl (C=O) groups is 1. The lowest BCUT2D eigenvalue weighted by Gasteiger charge is -2.46. The Labute approximate surface area is 185 Å². The maximum Gasteiger partial charge on any atom is 0.337 e. The lowest BCUT2D eigenvalue weighted by Crippen LogP contribution is -2.47. The number of esters is 1. The molecule has 4 rings (SSSR count). The minimum Gasteiger partial charge on any atom is -0.504 e. The summed E-state index contributed by atoms with van der Waals surface area (Å²) in [6.45, 7) is 4.15. The van der Waals surface area contributed by atoms with Gasteiger partial charge in [-0.3, -0.25) is 4.90 Å². The highest BCUT2D eigenvalue weighted by Crippen LogP contribution is 2.47. The fourth-order valence-electron chi connectivity index (χ4n) is 5.31. The van der Waals surface area contributed by atoms with Gasteiger partial charge in [0.05, 0.1) is 44.7 Å². The van der Waals surface area contributed by atoms with Crippen molar-refractivity contribution in [2.75, 3.05) is 34.4 Å². The highest BCUT2D eigenvalue weighted by molar-refractivity contribution is 9.10. The molecule has 0 radical (unpaired) electrons. The molecule has 0 aliphatic carbocycles. The van der Waals surface area contributed by atoms with Crippen LogP contribution in [0.1, 0.15) is 37.1 Å². The lowest BCUT2D eigenvalue weighted by molar-refractivity contribution is -0.137. The van der Waals surface area contributed by atoms with Gasteiger partial charge in [-0.1, -0.05) is 13.3 Å². The highest BCUT2D eigenvalue weighted by Gasteiger charge is 2.42. The highest BCUT2D eigenvalue weighted by atomic mass is 79.9. The zero-order valence-electron chi connectivity index (χ0n) is 18.0. The molecule has 0 saturated carbocycles. The number of hydrogen-bond acceptors (Lipinski definition) is 5. The number of carbonyl (C=O) groups excluding carboxylic acids is 1. The van der Waals surface area contributed by atoms with Crippen molar-refractivity contribution in [3.8, 4) is 5.75 Å². The van der Waals surface area contributed by atoms with Crippen molar-refractivity contribution in [2.24, 2.45) is 11.8 Å². The Kier molecular flexibility index (Phi) is 6.11. The molecule has 1 aromatic carbocycles. The average Bonchev–Trinajstić information content (AvgIpc) is 3.17. The van der Waals surface area contributed by atoms with Gasteiger partial charge in [-0.15, -0.1) is 0 Å². The number of halogens is 1. The van der Waals surface area contributed by atoms with Crippen LogP contribution in [0, 0.1) is 11.8 Å². The molecular weight excluding hydrogens is 448 g/mol. The number of fused-ring (bicyclic) bond motifs is 5. The standard InChI is InChI=1S/C23H29BrN2O4/c1-5-13-11-26-9-8-14-20-19(29-3)7-6-17(24)22(20)25-21(14)18(26)10-15(13)16(12-28-2)23(27)30-4/h6-7,12-13,15,18,25H,5,8-11H2,1-4H3/b16-12+/t13-,15+,18?/m1/s1. The molecule has 1 N–H and O–H groups in total. The van der Waals surface area contributed by atoms with E-state index in [1.54, 1.807) is 20.5 Å². The molecule has 0 amide bonds. The molecule has 1 aromatic heterocycles. The lowest BCUT2D eigenvalue weighted by atomic mass is 9.74. The second-order valence-corrected chi connectivity index (χ2v) is 8.94. The zero-order valence-corrected chi connectivity index (χ0v) is 19.5. The summed E-state index contributed by atoms with van der Waals surface area (Å²) in [5.41, 5.74) is 4.28. The predicted molar refractivity (Wildman–Crippen MR) is 120 cm³/mol. The van der Waals surface area contributed by atoms with Crippen LogP contribution in [0.5, 0.6) is 5.75 Å². The maximum absolute atomic E-state index is 12.5. The quantitative estimate of drug-likeness (QED) is 0.388. The van der Waals surface area contributed by atoms with Crippen molar-refractivity contribution in [3.05, 3.63) is 39.7 Å². The maximum atomic E-state index is 12.5. The first-order valence-corrected chi connectivity index (χ1v) is 11.2. The Morgan fingerprint density at radius 3 is 2.80 bits per heavy atom. The van der Waals surface area contributed by atoms with Crippen molar-refractivity contribution < 1.29 is 19.0 Å². The SMILES string of the molecule is CC[C@@H]1CN2CCc3c([nH]c4c(Br)ccc(OC)c34)C2C[C@@H]1/C(=C\OC)C(=O)OC. The number of nitrogens with one attached hydrogen (secondary N) is 1. The molecule has 1 fully saturated rings. The van der Waals surface area contributed by atoms with E-state index >= 15 is 0 Å². The van der Waals surface area contributed by atoms with Crippen LogP contribution < -0.4 is 4.74 Å². The molecule has 30 heavy (non-hydrogen) atoms. The minimum atomic E-state index is -0.300. The summed E-state index contributed by atoms with van der Waals surface area (Å²) < 4.78 is 17.1. The molecule has 162 valence electrons. The zero-order chi connectivity index (χ0) is 21.4. The molecule has 2 aliphatic rings. The molecule has 1 unspecified atom stereocenters. The fourth-order valence-corrected chi connectivity index (χ4v) is 5.74. The number of benzene rings is 1. The van der Waals surface area contributed by atoms with Crippen molar-refractivity contribution in [3.63, 3.8) is 0 Å². The van der Waals surface area contributed by atoms with Gasteiger partial charge >= 0.3 is 5.97 Å². The number of rotatable bonds is 5. The van der Waals surface area contributed by atoms with Gasteiger partial charge in [-0.2, -0.15) is 0 Å². The number of nitrogens with zero attached hydrogens (tertiary/aromatic N) is 1. The smallest absolute Gasteiger partial charge is 0.337 e. The Balaban J connectivity index is 1.79. The molecule has 6 nitrogen and oxygen atoms in total. The van der Waals surface area contributed by atoms with Crippen LogP contribution in [0.25, 0.3) is 10.9 Å². The molecule has 3 heterocycles. The van der Waals surface area contributed by atoms with E-state index in [0.29, 0.717) is 11.5 Å². The number of H-pyrrole nitrogens is 1. The van der Waals surface area contributed by atoms with Crippen LogP contribution in [0.3, 0.4) is 0 Å². The van der Waals surface area contributed by atoms with E-state index in [-0.39, 0.29) is 17.9 Å². The first-order chi connectivity index (χ1) is 14.5. The molecule has 2 aliphatic heterocycles. The van der Waals surface area contributed by atoms with Crippen LogP contribution >= 0.6 is 15.9 Å². The number of piperidine rings is 1. The van der Waals surface area contributed by atoms with E-state index in [1.165, 1.54) is 18.4 Å². The molecule has 0 spiro atoms. The molecular formula is C23H29BrN2O4. The molecule has 2 aromatic rings. The van der Waals surface area contributed by atoms with Gasteiger partial charge in [0.2, 0.25) is 0 Å². The molecule has 7 heteroatoms. The summed E-state index contributed by atoms with van der Waals surface area (Å²) in [5.74, 6) is 1.07. The Bertz CT molecular complexity index is 983. The monoisotopic (exact) mass is 476 g/mol. The third-order valence-electron chi connectivity index (χ3n) is 6.75. The van der Waals surface area contributed by atoms with Gasteiger partial charge in [0, 0.05) is 28.6 Å². The van der Waals surface area contributed by atoms with Gasteiger partial charge in [-0.05, 0) is 58.3 Å². The second kappa shape index (κ2) is 8.63. The van der Waals surface area contributed by atoms with Crippen LogP contribution in [0.4, 0.5) is 0 Å². The molecule has 0 bridgehead atoms. The number of ether oxygens (including phenoxy) is 3. The van der Waals surface area contributed by atoms with E-state index in [2.05, 4.69) is 32.7 Å². The van der Waals surface area contributed by atoms with Crippen LogP contribution in [-0.4, -0.2) is 50.3 Å². The van der Waals surface area contributed by atoms with E-state index in [9.17, 15) is 4.79 Å². The van der Waals surface area contributed by atoms with Crippen molar-refractivity contribution in [1.29, 1.82) is 0 Å². The number of aromatic amines is 1. The number of methoxy groups -OCH3 is 3. The number of hydrogen-bond donors (Lipinski definition) is 1. The average molecular weight is 477 g/mol. The van der Waals surface area contributed by atoms with Gasteiger partial charge in [0.25, 0.3) is 0 Å². The minimum absolute atomic E-state index is 0.0892. The largest absolute Gasteiger partial charge is 0.504 e. The third-order valence-corrected chi connectivity index (χ3v) is 7.41. The first-order valence-electron chi connectivity index (χ1n) is 10.5. The first kappa shape index (κ1) is 21.2. The Morgan fingerprint density at radius 2 is 2.13 bits per heavy atom. The topological polar surface area (TPSA) is 63.8 Å². The fraction of sp³-hybridized carbons (Fsp3) is 0.522. The van der Waals surface area contributed by atoms with Crippen LogP contribution in [0.2, 0.25) is 0 Å². The van der Waals surface area contributed by atoms with Gasteiger partial charge < -0.3 is 19.2 Å². The summed E-state index contributed by atoms with van der Waals surface area (Å²) in [7, 11) is 4.74. The summed E-state index contributed by atoms with van der Waals surface area (Å²) in [6.07, 6.45) is 4.41. The molecule has 3 atom stereocenters. The Morgan fingerprint density at radius 1 is 1.33 bits per heavy atom. The third kappa shape index (κ3) is 3.42. The second-order valence-electron chi connectivity index (χ2n) is 8.09. The van der Waals surface area contributed by atoms with E-state index in [1.807, 2.05) is 12.1 Å². The van der Waals surface area contributed by atoms with Crippen LogP contribution in [-0.2, 0) is 20.7 Å². The van der Waals surface area contributed by atoms with E-state index in [4.69, 9.17) is 14.2 Å². The van der Waals surface area contributed by atoms with Crippen molar-refractivity contribution in [1.82, 2.24) is 9.88 Å². The summed E-state index contributed by atoms with van der Waals surface area (Å²) in [5, 5.41) is 1.16. The van der Waals surface area contributed by atoms with Crippen molar-refractivity contribution in [2.45, 2.75) is 32.2 Å². The van der Waals surface area contributed by atoms with Gasteiger partial charge in [0.15, 0.2) is 0 Å². The van der Waals surface area contributed by atoms with E-state index in [0.717, 1.165) is 53.5 Å².